The summed E-state index contributed by atoms with van der Waals surface area (Å²) in [7, 11) is 0. The summed E-state index contributed by atoms with van der Waals surface area (Å²) in [6, 6.07) is 25.0. The van der Waals surface area contributed by atoms with Crippen molar-refractivity contribution in [3.8, 4) is 0 Å². The van der Waals surface area contributed by atoms with E-state index in [0.717, 1.165) is 23.4 Å². The highest BCUT2D eigenvalue weighted by atomic mass is 16.1. The molecule has 0 aliphatic carbocycles. The van der Waals surface area contributed by atoms with Crippen LogP contribution in [0.1, 0.15) is 18.1 Å². The van der Waals surface area contributed by atoms with Crippen molar-refractivity contribution in [1.29, 1.82) is 0 Å². The Morgan fingerprint density at radius 1 is 0.852 bits per heavy atom. The van der Waals surface area contributed by atoms with Crippen molar-refractivity contribution in [3.05, 3.63) is 96.1 Å². The monoisotopic (exact) mass is 355 g/mol. The first-order valence-corrected chi connectivity index (χ1v) is 8.88. The number of nitrogens with zero attached hydrogens (tertiary/aromatic N) is 2. The second kappa shape index (κ2) is 9.25. The molecule has 1 amide bonds. The first kappa shape index (κ1) is 18.3. The molecule has 0 fully saturated rings. The molecule has 0 aliphatic rings. The molecule has 0 aromatic heterocycles. The zero-order valence-electron chi connectivity index (χ0n) is 15.2. The van der Waals surface area contributed by atoms with Gasteiger partial charge in [-0.25, -0.2) is 0 Å². The van der Waals surface area contributed by atoms with E-state index in [9.17, 15) is 4.79 Å². The fraction of sp³-hybridized carbons (Fsp3) is 0.0870. The predicted molar refractivity (Wildman–Crippen MR) is 111 cm³/mol. The smallest absolute Gasteiger partial charge is 0.248 e. The summed E-state index contributed by atoms with van der Waals surface area (Å²) in [6.45, 7) is 2.12. The largest absolute Gasteiger partial charge is 0.323 e. The average Bonchev–Trinajstić information content (AvgIpc) is 2.73. The zero-order chi connectivity index (χ0) is 18.9. The molecule has 134 valence electrons. The van der Waals surface area contributed by atoms with Crippen LogP contribution in [-0.2, 0) is 11.2 Å². The van der Waals surface area contributed by atoms with Gasteiger partial charge in [-0.05, 0) is 60.0 Å². The second-order valence-corrected chi connectivity index (χ2v) is 6.00. The lowest BCUT2D eigenvalue weighted by Crippen LogP contribution is -2.07. The number of carbonyl (C=O) groups excluding carboxylic acids is 1. The van der Waals surface area contributed by atoms with Gasteiger partial charge in [-0.1, -0.05) is 49.4 Å². The molecule has 0 bridgehead atoms. The lowest BCUT2D eigenvalue weighted by atomic mass is 10.2. The Bertz CT molecular complexity index is 928. The van der Waals surface area contributed by atoms with E-state index in [2.05, 4.69) is 34.6 Å². The van der Waals surface area contributed by atoms with Crippen molar-refractivity contribution in [1.82, 2.24) is 0 Å². The van der Waals surface area contributed by atoms with E-state index in [4.69, 9.17) is 0 Å². The Kier molecular flexibility index (Phi) is 6.26. The van der Waals surface area contributed by atoms with Crippen molar-refractivity contribution < 1.29 is 4.79 Å². The minimum atomic E-state index is -0.177. The minimum absolute atomic E-state index is 0.177. The third-order valence-electron chi connectivity index (χ3n) is 3.99. The molecule has 0 unspecified atom stereocenters. The first-order chi connectivity index (χ1) is 13.2. The Morgan fingerprint density at radius 2 is 1.44 bits per heavy atom. The van der Waals surface area contributed by atoms with Crippen molar-refractivity contribution in [3.63, 3.8) is 0 Å². The molecule has 27 heavy (non-hydrogen) atoms. The highest BCUT2D eigenvalue weighted by Gasteiger charge is 1.98. The molecular weight excluding hydrogens is 334 g/mol. The fourth-order valence-electron chi connectivity index (χ4n) is 2.45. The highest BCUT2D eigenvalue weighted by Crippen LogP contribution is 2.20. The number of aryl methyl sites for hydroxylation is 1. The van der Waals surface area contributed by atoms with Crippen LogP contribution in [0.15, 0.2) is 95.2 Å². The number of amides is 1. The van der Waals surface area contributed by atoms with Crippen LogP contribution in [-0.4, -0.2) is 5.91 Å². The molecule has 0 heterocycles. The molecule has 0 saturated carbocycles. The summed E-state index contributed by atoms with van der Waals surface area (Å²) in [5.41, 5.74) is 4.51. The number of hydrogen-bond donors (Lipinski definition) is 1. The number of nitrogens with one attached hydrogen (secondary N) is 1. The lowest BCUT2D eigenvalue weighted by molar-refractivity contribution is -0.111. The van der Waals surface area contributed by atoms with Crippen molar-refractivity contribution in [2.24, 2.45) is 10.2 Å². The van der Waals surface area contributed by atoms with Crippen LogP contribution < -0.4 is 5.32 Å². The average molecular weight is 355 g/mol. The Hall–Kier alpha value is -3.53. The van der Waals surface area contributed by atoms with E-state index in [1.807, 2.05) is 66.7 Å². The van der Waals surface area contributed by atoms with Crippen LogP contribution in [0.5, 0.6) is 0 Å². The molecule has 3 aromatic rings. The Labute approximate surface area is 159 Å². The van der Waals surface area contributed by atoms with E-state index in [1.54, 1.807) is 6.08 Å². The van der Waals surface area contributed by atoms with E-state index >= 15 is 0 Å². The number of benzene rings is 3. The molecule has 1 N–H and O–H groups in total. The van der Waals surface area contributed by atoms with E-state index < -0.39 is 0 Å². The van der Waals surface area contributed by atoms with E-state index in [-0.39, 0.29) is 5.91 Å². The molecule has 0 aliphatic heterocycles. The Morgan fingerprint density at radius 3 is 2.04 bits per heavy atom. The van der Waals surface area contributed by atoms with Crippen LogP contribution in [0.25, 0.3) is 6.08 Å². The number of azo groups is 1. The Balaban J connectivity index is 1.57. The second-order valence-electron chi connectivity index (χ2n) is 6.00. The normalized spacial score (nSPS) is 11.1. The van der Waals surface area contributed by atoms with Gasteiger partial charge in [0, 0.05) is 11.8 Å². The summed E-state index contributed by atoms with van der Waals surface area (Å²) in [5, 5.41) is 11.3. The van der Waals surface area contributed by atoms with Gasteiger partial charge in [-0.3, -0.25) is 4.79 Å². The number of hydrogen-bond acceptors (Lipinski definition) is 3. The maximum atomic E-state index is 12.0. The SMILES string of the molecule is CCc1ccc(N=Nc2ccc(NC(=O)/C=C\c3ccccc3)cc2)cc1. The highest BCUT2D eigenvalue weighted by molar-refractivity contribution is 6.01. The molecule has 4 nitrogen and oxygen atoms in total. The summed E-state index contributed by atoms with van der Waals surface area (Å²) < 4.78 is 0. The standard InChI is InChI=1S/C23H21N3O/c1-2-18-8-11-21(12-9-18)25-26-22-15-13-20(14-16-22)24-23(27)17-10-19-6-4-3-5-7-19/h3-17H,2H2,1H3,(H,24,27)/b17-10-,26-25?. The summed E-state index contributed by atoms with van der Waals surface area (Å²) in [6.07, 6.45) is 4.30. The van der Waals surface area contributed by atoms with Gasteiger partial charge in [0.15, 0.2) is 0 Å². The molecular formula is C23H21N3O. The van der Waals surface area contributed by atoms with Gasteiger partial charge < -0.3 is 5.32 Å². The van der Waals surface area contributed by atoms with Crippen LogP contribution in [0, 0.1) is 0 Å². The quantitative estimate of drug-likeness (QED) is 0.408. The van der Waals surface area contributed by atoms with Gasteiger partial charge in [0.1, 0.15) is 0 Å². The van der Waals surface area contributed by atoms with Crippen LogP contribution in [0.3, 0.4) is 0 Å². The fourth-order valence-corrected chi connectivity index (χ4v) is 2.45. The number of anilines is 1. The first-order valence-electron chi connectivity index (χ1n) is 8.88. The van der Waals surface area contributed by atoms with Gasteiger partial charge in [0.2, 0.25) is 5.91 Å². The summed E-state index contributed by atoms with van der Waals surface area (Å²) >= 11 is 0. The third kappa shape index (κ3) is 5.75. The zero-order valence-corrected chi connectivity index (χ0v) is 15.2. The number of rotatable bonds is 6. The predicted octanol–water partition coefficient (Wildman–Crippen LogP) is 6.32. The molecule has 3 rings (SSSR count). The molecule has 0 saturated heterocycles. The van der Waals surface area contributed by atoms with Gasteiger partial charge in [0.05, 0.1) is 11.4 Å². The molecule has 0 radical (unpaired) electrons. The third-order valence-corrected chi connectivity index (χ3v) is 3.99. The molecule has 0 atom stereocenters. The number of carbonyl (C=O) groups is 1. The van der Waals surface area contributed by atoms with E-state index in [0.29, 0.717) is 5.69 Å². The van der Waals surface area contributed by atoms with Crippen LogP contribution in [0.4, 0.5) is 17.1 Å². The van der Waals surface area contributed by atoms with Crippen LogP contribution >= 0.6 is 0 Å². The van der Waals surface area contributed by atoms with Gasteiger partial charge in [-0.15, -0.1) is 0 Å². The van der Waals surface area contributed by atoms with Crippen molar-refractivity contribution in [2.75, 3.05) is 5.32 Å². The van der Waals surface area contributed by atoms with Crippen molar-refractivity contribution in [2.45, 2.75) is 13.3 Å². The van der Waals surface area contributed by atoms with Gasteiger partial charge in [0.25, 0.3) is 0 Å². The lowest BCUT2D eigenvalue weighted by Gasteiger charge is -2.02. The topological polar surface area (TPSA) is 53.8 Å². The van der Waals surface area contributed by atoms with Gasteiger partial charge >= 0.3 is 0 Å². The molecule has 4 heteroatoms. The van der Waals surface area contributed by atoms with Crippen LogP contribution in [0.2, 0.25) is 0 Å². The van der Waals surface area contributed by atoms with Crippen molar-refractivity contribution >= 4 is 29.0 Å². The molecule has 0 spiro atoms. The molecule has 3 aromatic carbocycles. The minimum Gasteiger partial charge on any atom is -0.323 e. The maximum absolute atomic E-state index is 12.0. The van der Waals surface area contributed by atoms with Gasteiger partial charge in [-0.2, -0.15) is 10.2 Å². The summed E-state index contributed by atoms with van der Waals surface area (Å²) in [5.74, 6) is -0.177. The maximum Gasteiger partial charge on any atom is 0.248 e. The van der Waals surface area contributed by atoms with E-state index in [1.165, 1.54) is 11.6 Å². The summed E-state index contributed by atoms with van der Waals surface area (Å²) in [4.78, 5) is 12.0.